The van der Waals surface area contributed by atoms with Crippen LogP contribution in [0.4, 0.5) is 5.69 Å². The standard InChI is InChI=1S/C24H31N3O12P2S/c1-4-39-18-13(9-10-23(32,40(33,34)35)41(36,37)38)16(25)12-8-6-5-7-11(12)14(18)17(28)15-19(29)27-20(15)42-22(2,3)24(27,26)21(30)31/h5-8,15,20,32H,4,9-10,25-26H2,1-3H3,(H,30,31)(H2,33,34,35)(H2,36,37,38). The summed E-state index contributed by atoms with van der Waals surface area (Å²) in [5.74, 6) is -4.61. The van der Waals surface area contributed by atoms with E-state index in [9.17, 15) is 53.3 Å². The number of nitrogen functional groups attached to an aromatic ring is 1. The number of β-lactam (4-membered cyclic amide) rings is 1. The van der Waals surface area contributed by atoms with Crippen molar-refractivity contribution in [2.75, 3.05) is 12.3 Å². The molecule has 2 heterocycles. The fraction of sp³-hybridized carbons (Fsp3) is 0.458. The second-order valence-electron chi connectivity index (χ2n) is 10.6. The maximum atomic E-state index is 14.2. The molecule has 2 aromatic carbocycles. The SMILES string of the molecule is CCOc1c(CCC(O)(P(=O)(O)O)P(=O)(O)O)c(N)c2ccccc2c1C(=O)C1C(=O)N2C1SC(C)(C)C2(N)C(=O)O. The van der Waals surface area contributed by atoms with E-state index in [2.05, 4.69) is 0 Å². The molecule has 230 valence electrons. The topological polar surface area (TPSA) is 271 Å². The molecule has 0 bridgehead atoms. The van der Waals surface area contributed by atoms with Crippen LogP contribution in [0.25, 0.3) is 10.8 Å². The molecule has 2 saturated heterocycles. The number of nitrogens with zero attached hydrogens (tertiary/aromatic N) is 1. The van der Waals surface area contributed by atoms with Crippen LogP contribution in [0.5, 0.6) is 5.75 Å². The largest absolute Gasteiger partial charge is 0.493 e. The van der Waals surface area contributed by atoms with E-state index < -0.39 is 72.5 Å². The Balaban J connectivity index is 1.89. The summed E-state index contributed by atoms with van der Waals surface area (Å²) in [6, 6.07) is 6.23. The van der Waals surface area contributed by atoms with Crippen LogP contribution in [0.1, 0.15) is 43.1 Å². The molecular weight excluding hydrogens is 616 g/mol. The van der Waals surface area contributed by atoms with Gasteiger partial charge in [0.2, 0.25) is 11.6 Å². The van der Waals surface area contributed by atoms with Crippen LogP contribution in [-0.2, 0) is 25.1 Å². The van der Waals surface area contributed by atoms with Crippen molar-refractivity contribution in [3.05, 3.63) is 35.4 Å². The van der Waals surface area contributed by atoms with Crippen LogP contribution in [0.15, 0.2) is 24.3 Å². The number of amides is 1. The average Bonchev–Trinajstić information content (AvgIpc) is 3.05. The van der Waals surface area contributed by atoms with E-state index in [0.29, 0.717) is 0 Å². The molecule has 3 atom stereocenters. The van der Waals surface area contributed by atoms with Crippen molar-refractivity contribution in [1.29, 1.82) is 0 Å². The fourth-order valence-corrected chi connectivity index (χ4v) is 9.33. The predicted octanol–water partition coefficient (Wildman–Crippen LogP) is 0.987. The second kappa shape index (κ2) is 10.3. The zero-order valence-electron chi connectivity index (χ0n) is 22.6. The third-order valence-corrected chi connectivity index (χ3v) is 13.4. The highest BCUT2D eigenvalue weighted by Crippen LogP contribution is 2.69. The number of hydrogen-bond donors (Lipinski definition) is 8. The van der Waals surface area contributed by atoms with E-state index in [1.54, 1.807) is 32.9 Å². The van der Waals surface area contributed by atoms with Crippen molar-refractivity contribution in [2.45, 2.75) is 54.5 Å². The van der Waals surface area contributed by atoms with Crippen molar-refractivity contribution in [2.24, 2.45) is 11.7 Å². The Morgan fingerprint density at radius 3 is 2.17 bits per heavy atom. The van der Waals surface area contributed by atoms with Gasteiger partial charge in [0.15, 0.2) is 5.78 Å². The number of ketones is 1. The molecule has 2 aliphatic rings. The summed E-state index contributed by atoms with van der Waals surface area (Å²) in [4.78, 5) is 79.1. The molecule has 4 rings (SSSR count). The first-order valence-corrected chi connectivity index (χ1v) is 16.6. The molecule has 0 spiro atoms. The zero-order valence-corrected chi connectivity index (χ0v) is 25.2. The maximum absolute atomic E-state index is 14.2. The quantitative estimate of drug-likeness (QED) is 0.0587. The molecule has 0 aromatic heterocycles. The van der Waals surface area contributed by atoms with Crippen molar-refractivity contribution in [1.82, 2.24) is 4.90 Å². The summed E-state index contributed by atoms with van der Waals surface area (Å²) in [6.45, 7) is 4.59. The lowest BCUT2D eigenvalue weighted by Crippen LogP contribution is -2.75. The number of benzene rings is 2. The first-order valence-electron chi connectivity index (χ1n) is 12.5. The van der Waals surface area contributed by atoms with Gasteiger partial charge in [0.05, 0.1) is 22.3 Å². The van der Waals surface area contributed by atoms with Gasteiger partial charge in [0.1, 0.15) is 11.7 Å². The molecule has 3 unspecified atom stereocenters. The van der Waals surface area contributed by atoms with E-state index in [4.69, 9.17) is 16.2 Å². The highest BCUT2D eigenvalue weighted by Gasteiger charge is 2.72. The van der Waals surface area contributed by atoms with Gasteiger partial charge in [0.25, 0.3) is 5.08 Å². The molecule has 42 heavy (non-hydrogen) atoms. The smallest absolute Gasteiger partial charge is 0.369 e. The Morgan fingerprint density at radius 1 is 1.12 bits per heavy atom. The number of anilines is 1. The van der Waals surface area contributed by atoms with Crippen molar-refractivity contribution in [3.8, 4) is 5.75 Å². The van der Waals surface area contributed by atoms with Crippen LogP contribution in [-0.4, -0.2) is 79.8 Å². The van der Waals surface area contributed by atoms with Crippen LogP contribution in [0.2, 0.25) is 0 Å². The number of aliphatic carboxylic acids is 1. The number of carboxylic acids is 1. The molecular formula is C24H31N3O12P2S. The molecule has 1 amide bonds. The Kier molecular flexibility index (Phi) is 7.94. The van der Waals surface area contributed by atoms with Gasteiger partial charge in [0, 0.05) is 23.1 Å². The summed E-state index contributed by atoms with van der Waals surface area (Å²) in [7, 11) is -11.6. The highest BCUT2D eigenvalue weighted by molar-refractivity contribution is 8.01. The lowest BCUT2D eigenvalue weighted by molar-refractivity contribution is -0.171. The number of ether oxygens (including phenoxy) is 1. The lowest BCUT2D eigenvalue weighted by Gasteiger charge is -2.47. The number of carbonyl (C=O) groups is 3. The van der Waals surface area contributed by atoms with Crippen LogP contribution in [0.3, 0.4) is 0 Å². The number of Topliss-reactive ketones (excluding diaryl/α,β-unsaturated/α-hetero) is 1. The molecule has 0 radical (unpaired) electrons. The number of carboxylic acid groups (broad SMARTS) is 1. The molecule has 0 aliphatic carbocycles. The average molecular weight is 648 g/mol. The Bertz CT molecular complexity index is 1580. The van der Waals surface area contributed by atoms with Gasteiger partial charge in [-0.3, -0.25) is 29.4 Å². The summed E-state index contributed by atoms with van der Waals surface area (Å²) in [5, 5.41) is 16.2. The van der Waals surface area contributed by atoms with Crippen LogP contribution >= 0.6 is 27.0 Å². The van der Waals surface area contributed by atoms with Gasteiger partial charge >= 0.3 is 21.2 Å². The fourth-order valence-electron chi connectivity index (χ4n) is 5.44. The minimum absolute atomic E-state index is 0.0471. The zero-order chi connectivity index (χ0) is 31.8. The van der Waals surface area contributed by atoms with Crippen molar-refractivity contribution >= 4 is 61.1 Å². The Morgan fingerprint density at radius 2 is 1.67 bits per heavy atom. The predicted molar refractivity (Wildman–Crippen MR) is 152 cm³/mol. The van der Waals surface area contributed by atoms with Crippen molar-refractivity contribution in [3.63, 3.8) is 0 Å². The molecule has 0 saturated carbocycles. The minimum Gasteiger partial charge on any atom is -0.493 e. The van der Waals surface area contributed by atoms with E-state index in [1.165, 1.54) is 12.1 Å². The summed E-state index contributed by atoms with van der Waals surface area (Å²) >= 11 is 1.05. The maximum Gasteiger partial charge on any atom is 0.369 e. The van der Waals surface area contributed by atoms with Gasteiger partial charge in [-0.1, -0.05) is 24.3 Å². The number of carbonyl (C=O) groups excluding carboxylic acids is 2. The lowest BCUT2D eigenvalue weighted by atomic mass is 9.81. The van der Waals surface area contributed by atoms with E-state index in [0.717, 1.165) is 16.7 Å². The second-order valence-corrected chi connectivity index (χ2v) is 16.3. The molecule has 2 fully saturated rings. The van der Waals surface area contributed by atoms with Gasteiger partial charge in [-0.15, -0.1) is 11.8 Å². The van der Waals surface area contributed by atoms with Gasteiger partial charge < -0.3 is 40.3 Å². The molecule has 15 nitrogen and oxygen atoms in total. The molecule has 2 aromatic rings. The molecule has 10 N–H and O–H groups in total. The number of thioether (sulfide) groups is 1. The first kappa shape index (κ1) is 32.4. The number of rotatable bonds is 10. The molecule has 2 aliphatic heterocycles. The van der Waals surface area contributed by atoms with E-state index >= 15 is 0 Å². The summed E-state index contributed by atoms with van der Waals surface area (Å²) < 4.78 is 28.5. The van der Waals surface area contributed by atoms with Gasteiger partial charge in [-0.25, -0.2) is 4.79 Å². The van der Waals surface area contributed by atoms with E-state index in [1.807, 2.05) is 0 Å². The van der Waals surface area contributed by atoms with E-state index in [-0.39, 0.29) is 39.9 Å². The Hall–Kier alpha value is -2.52. The van der Waals surface area contributed by atoms with Gasteiger partial charge in [-0.05, 0) is 32.6 Å². The van der Waals surface area contributed by atoms with Crippen LogP contribution < -0.4 is 16.2 Å². The van der Waals surface area contributed by atoms with Crippen molar-refractivity contribution < 1.29 is 58.0 Å². The Labute approximate surface area is 243 Å². The van der Waals surface area contributed by atoms with Gasteiger partial charge in [-0.2, -0.15) is 0 Å². The highest BCUT2D eigenvalue weighted by atomic mass is 32.2. The first-order chi connectivity index (χ1) is 19.2. The minimum atomic E-state index is -5.80. The number of fused-ring (bicyclic) bond motifs is 2. The number of hydrogen-bond acceptors (Lipinski definition) is 10. The normalized spacial score (nSPS) is 23.9. The summed E-state index contributed by atoms with van der Waals surface area (Å²) in [5.41, 5.74) is 10.2. The molecule has 18 heteroatoms. The monoisotopic (exact) mass is 647 g/mol. The number of aliphatic hydroxyl groups is 1. The third-order valence-electron chi connectivity index (χ3n) is 7.86. The number of nitrogens with two attached hydrogens (primary N) is 2. The van der Waals surface area contributed by atoms with Crippen LogP contribution in [0, 0.1) is 5.92 Å². The third kappa shape index (κ3) is 4.48. The summed E-state index contributed by atoms with van der Waals surface area (Å²) in [6.07, 6.45) is -1.82.